The number of aryl methyl sites for hydroxylation is 1. The van der Waals surface area contributed by atoms with Crippen molar-refractivity contribution in [2.45, 2.75) is 46.1 Å². The van der Waals surface area contributed by atoms with Crippen LogP contribution in [0.3, 0.4) is 0 Å². The van der Waals surface area contributed by atoms with Crippen LogP contribution in [0.1, 0.15) is 37.8 Å². The maximum Gasteiger partial charge on any atom is 0.242 e. The van der Waals surface area contributed by atoms with E-state index in [1.165, 1.54) is 5.56 Å². The van der Waals surface area contributed by atoms with Crippen LogP contribution < -0.4 is 10.1 Å². The minimum absolute atomic E-state index is 0.0211. The van der Waals surface area contributed by atoms with Gasteiger partial charge in [0.15, 0.2) is 0 Å². The molecule has 0 aliphatic rings. The zero-order valence-electron chi connectivity index (χ0n) is 17.7. The van der Waals surface area contributed by atoms with Crippen LogP contribution in [0.4, 0.5) is 0 Å². The van der Waals surface area contributed by atoms with Gasteiger partial charge in [0.2, 0.25) is 11.8 Å². The number of nitrogens with zero attached hydrogens (tertiary/aromatic N) is 1. The Morgan fingerprint density at radius 1 is 1.07 bits per heavy atom. The van der Waals surface area contributed by atoms with Gasteiger partial charge in [0.25, 0.3) is 0 Å². The highest BCUT2D eigenvalue weighted by atomic mass is 16.5. The highest BCUT2D eigenvalue weighted by molar-refractivity contribution is 5.87. The molecule has 2 aromatic rings. The average Bonchev–Trinajstić information content (AvgIpc) is 2.73. The Morgan fingerprint density at radius 2 is 1.76 bits per heavy atom. The van der Waals surface area contributed by atoms with Crippen LogP contribution >= 0.6 is 0 Å². The zero-order valence-corrected chi connectivity index (χ0v) is 17.7. The lowest BCUT2D eigenvalue weighted by Crippen LogP contribution is -2.48. The van der Waals surface area contributed by atoms with Gasteiger partial charge in [-0.05, 0) is 51.3 Å². The van der Waals surface area contributed by atoms with E-state index in [2.05, 4.69) is 5.32 Å². The molecule has 0 aromatic heterocycles. The lowest BCUT2D eigenvalue weighted by molar-refractivity contribution is -0.140. The molecule has 29 heavy (non-hydrogen) atoms. The number of carbonyl (C=O) groups is 2. The number of benzene rings is 2. The summed E-state index contributed by atoms with van der Waals surface area (Å²) in [6, 6.07) is 17.4. The summed E-state index contributed by atoms with van der Waals surface area (Å²) in [7, 11) is 0. The maximum absolute atomic E-state index is 12.9. The summed E-state index contributed by atoms with van der Waals surface area (Å²) in [6.07, 6.45) is 1.68. The van der Waals surface area contributed by atoms with Crippen LogP contribution in [-0.4, -0.2) is 42.5 Å². The van der Waals surface area contributed by atoms with E-state index < -0.39 is 6.04 Å². The van der Waals surface area contributed by atoms with Crippen LogP contribution in [0.15, 0.2) is 54.6 Å². The highest BCUT2D eigenvalue weighted by Crippen LogP contribution is 2.13. The summed E-state index contributed by atoms with van der Waals surface area (Å²) >= 11 is 0. The molecule has 156 valence electrons. The standard InChI is InChI=1S/C24H32N2O3/c1-4-25-24(28)20(3)26(17-16-21-9-6-5-7-10-21)23(27)11-8-18-29-22-14-12-19(2)13-15-22/h5-7,9-10,12-15,20H,4,8,11,16-18H2,1-3H3,(H,25,28)/t20-/m0/s1. The van der Waals surface area contributed by atoms with E-state index in [-0.39, 0.29) is 11.8 Å². The smallest absolute Gasteiger partial charge is 0.242 e. The molecule has 0 bridgehead atoms. The van der Waals surface area contributed by atoms with E-state index in [0.717, 1.165) is 17.7 Å². The van der Waals surface area contributed by atoms with Gasteiger partial charge in [-0.2, -0.15) is 0 Å². The van der Waals surface area contributed by atoms with Gasteiger partial charge < -0.3 is 15.0 Å². The van der Waals surface area contributed by atoms with Gasteiger partial charge in [0, 0.05) is 19.5 Å². The van der Waals surface area contributed by atoms with Crippen molar-refractivity contribution in [1.82, 2.24) is 10.2 Å². The largest absolute Gasteiger partial charge is 0.494 e. The molecule has 0 fully saturated rings. The fourth-order valence-electron chi connectivity index (χ4n) is 3.08. The summed E-state index contributed by atoms with van der Waals surface area (Å²) in [5.41, 5.74) is 2.33. The molecule has 0 heterocycles. The van der Waals surface area contributed by atoms with Crippen LogP contribution in [0.25, 0.3) is 0 Å². The first-order chi connectivity index (χ1) is 14.0. The quantitative estimate of drug-likeness (QED) is 0.589. The number of hydrogen-bond donors (Lipinski definition) is 1. The van der Waals surface area contributed by atoms with E-state index in [1.807, 2.05) is 68.4 Å². The van der Waals surface area contributed by atoms with Crippen molar-refractivity contribution >= 4 is 11.8 Å². The summed E-state index contributed by atoms with van der Waals surface area (Å²) in [5.74, 6) is 0.664. The third-order valence-electron chi connectivity index (χ3n) is 4.83. The Morgan fingerprint density at radius 3 is 2.41 bits per heavy atom. The van der Waals surface area contributed by atoms with Gasteiger partial charge in [0.1, 0.15) is 11.8 Å². The molecule has 0 aliphatic heterocycles. The van der Waals surface area contributed by atoms with Crippen molar-refractivity contribution in [1.29, 1.82) is 0 Å². The van der Waals surface area contributed by atoms with E-state index in [9.17, 15) is 9.59 Å². The fourth-order valence-corrected chi connectivity index (χ4v) is 3.08. The number of hydrogen-bond acceptors (Lipinski definition) is 3. The second kappa shape index (κ2) is 11.9. The Hall–Kier alpha value is -2.82. The van der Waals surface area contributed by atoms with E-state index >= 15 is 0 Å². The van der Waals surface area contributed by atoms with Crippen LogP contribution in [0.5, 0.6) is 5.75 Å². The average molecular weight is 397 g/mol. The summed E-state index contributed by atoms with van der Waals surface area (Å²) in [5, 5.41) is 2.81. The molecule has 5 heteroatoms. The Kier molecular flexibility index (Phi) is 9.22. The predicted octanol–water partition coefficient (Wildman–Crippen LogP) is 3.75. The second-order valence-electron chi connectivity index (χ2n) is 7.16. The maximum atomic E-state index is 12.9. The van der Waals surface area contributed by atoms with Gasteiger partial charge in [0.05, 0.1) is 6.61 Å². The number of amides is 2. The van der Waals surface area contributed by atoms with Crippen molar-refractivity contribution in [2.24, 2.45) is 0 Å². The summed E-state index contributed by atoms with van der Waals surface area (Å²) < 4.78 is 5.72. The minimum atomic E-state index is -0.496. The summed E-state index contributed by atoms with van der Waals surface area (Å²) in [4.78, 5) is 26.9. The molecular weight excluding hydrogens is 364 g/mol. The molecule has 0 saturated carbocycles. The summed E-state index contributed by atoms with van der Waals surface area (Å²) in [6.45, 7) is 7.23. The lowest BCUT2D eigenvalue weighted by atomic mass is 10.1. The van der Waals surface area contributed by atoms with Crippen LogP contribution in [0, 0.1) is 6.92 Å². The molecule has 2 amide bonds. The number of nitrogens with one attached hydrogen (secondary N) is 1. The van der Waals surface area contributed by atoms with Crippen molar-refractivity contribution in [2.75, 3.05) is 19.7 Å². The van der Waals surface area contributed by atoms with Crippen molar-refractivity contribution in [3.8, 4) is 5.75 Å². The first-order valence-electron chi connectivity index (χ1n) is 10.3. The number of rotatable bonds is 11. The van der Waals surface area contributed by atoms with Crippen LogP contribution in [0.2, 0.25) is 0 Å². The SMILES string of the molecule is CCNC(=O)[C@H](C)N(CCc1ccccc1)C(=O)CCCOc1ccc(C)cc1. The minimum Gasteiger partial charge on any atom is -0.494 e. The molecule has 1 N–H and O–H groups in total. The molecule has 5 nitrogen and oxygen atoms in total. The molecule has 0 aliphatic carbocycles. The van der Waals surface area contributed by atoms with Crippen LogP contribution in [-0.2, 0) is 16.0 Å². The molecular formula is C24H32N2O3. The molecule has 0 spiro atoms. The van der Waals surface area contributed by atoms with Gasteiger partial charge in [-0.15, -0.1) is 0 Å². The van der Waals surface area contributed by atoms with E-state index in [4.69, 9.17) is 4.74 Å². The molecule has 0 saturated heterocycles. The first kappa shape index (κ1) is 22.5. The highest BCUT2D eigenvalue weighted by Gasteiger charge is 2.24. The van der Waals surface area contributed by atoms with Crippen molar-refractivity contribution in [3.63, 3.8) is 0 Å². The second-order valence-corrected chi connectivity index (χ2v) is 7.16. The van der Waals surface area contributed by atoms with E-state index in [1.54, 1.807) is 11.8 Å². The van der Waals surface area contributed by atoms with Gasteiger partial charge in [-0.3, -0.25) is 9.59 Å². The molecule has 0 radical (unpaired) electrons. The third-order valence-corrected chi connectivity index (χ3v) is 4.83. The monoisotopic (exact) mass is 396 g/mol. The fraction of sp³-hybridized carbons (Fsp3) is 0.417. The first-order valence-corrected chi connectivity index (χ1v) is 10.3. The number of ether oxygens (including phenoxy) is 1. The molecule has 0 unspecified atom stereocenters. The Balaban J connectivity index is 1.90. The topological polar surface area (TPSA) is 58.6 Å². The zero-order chi connectivity index (χ0) is 21.1. The van der Waals surface area contributed by atoms with Crippen molar-refractivity contribution in [3.05, 3.63) is 65.7 Å². The number of likely N-dealkylation sites (N-methyl/N-ethyl adjacent to an activating group) is 1. The molecule has 2 rings (SSSR count). The Labute approximate surface area is 174 Å². The Bertz CT molecular complexity index is 759. The normalized spacial score (nSPS) is 11.6. The third kappa shape index (κ3) is 7.60. The molecule has 2 aromatic carbocycles. The predicted molar refractivity (Wildman–Crippen MR) is 116 cm³/mol. The molecule has 1 atom stereocenters. The van der Waals surface area contributed by atoms with Gasteiger partial charge in [-0.25, -0.2) is 0 Å². The van der Waals surface area contributed by atoms with Gasteiger partial charge in [-0.1, -0.05) is 48.0 Å². The van der Waals surface area contributed by atoms with E-state index in [0.29, 0.717) is 32.5 Å². The number of carbonyl (C=O) groups excluding carboxylic acids is 2. The lowest BCUT2D eigenvalue weighted by Gasteiger charge is -2.28. The van der Waals surface area contributed by atoms with Crippen molar-refractivity contribution < 1.29 is 14.3 Å². The van der Waals surface area contributed by atoms with Gasteiger partial charge >= 0.3 is 0 Å².